The summed E-state index contributed by atoms with van der Waals surface area (Å²) in [5.41, 5.74) is 7.40. The lowest BCUT2D eigenvalue weighted by Gasteiger charge is -2.40. The quantitative estimate of drug-likeness (QED) is 0.712. The molecule has 2 heterocycles. The first-order valence-corrected chi connectivity index (χ1v) is 11.2. The van der Waals surface area contributed by atoms with Gasteiger partial charge in [0, 0.05) is 25.2 Å². The number of allylic oxidation sites excluding steroid dienone is 1. The summed E-state index contributed by atoms with van der Waals surface area (Å²) in [7, 11) is 0. The number of fused-ring (bicyclic) bond motifs is 1. The Bertz CT molecular complexity index is 1090. The summed E-state index contributed by atoms with van der Waals surface area (Å²) in [6, 6.07) is 14.8. The van der Waals surface area contributed by atoms with Crippen molar-refractivity contribution in [3.05, 3.63) is 70.8 Å². The number of hydrogen-bond acceptors (Lipinski definition) is 3. The standard InChI is InChI=1S/C26H26N2O2/c1-16-9-10-20-23(15-17-5-4-7-19(16)24(17)20)27-13-11-18(12-14-27)28-22-8-3-2-6-21(22)25(29)26(28)30/h2-8,10,16,18,23H,9,11-15H2,1H3. The number of anilines is 1. The number of benzene rings is 2. The molecule has 0 spiro atoms. The topological polar surface area (TPSA) is 40.6 Å². The van der Waals surface area contributed by atoms with Crippen LogP contribution in [0.4, 0.5) is 5.69 Å². The van der Waals surface area contributed by atoms with Crippen molar-refractivity contribution in [1.82, 2.24) is 4.90 Å². The van der Waals surface area contributed by atoms with E-state index in [1.807, 2.05) is 18.2 Å². The van der Waals surface area contributed by atoms with E-state index in [1.165, 1.54) is 22.3 Å². The molecule has 1 fully saturated rings. The number of piperidine rings is 1. The molecule has 0 N–H and O–H groups in total. The van der Waals surface area contributed by atoms with E-state index >= 15 is 0 Å². The van der Waals surface area contributed by atoms with Crippen molar-refractivity contribution < 1.29 is 9.59 Å². The average Bonchev–Trinajstić information content (AvgIpc) is 3.28. The lowest BCUT2D eigenvalue weighted by molar-refractivity contribution is -0.114. The highest BCUT2D eigenvalue weighted by Gasteiger charge is 2.42. The third-order valence-corrected chi connectivity index (χ3v) is 7.59. The molecule has 0 aromatic heterocycles. The number of nitrogens with zero attached hydrogens (tertiary/aromatic N) is 2. The molecule has 1 amide bonds. The number of hydrogen-bond donors (Lipinski definition) is 0. The van der Waals surface area contributed by atoms with Gasteiger partial charge in [0.05, 0.1) is 11.3 Å². The second kappa shape index (κ2) is 6.64. The summed E-state index contributed by atoms with van der Waals surface area (Å²) in [6.07, 6.45) is 6.52. The Balaban J connectivity index is 1.22. The molecule has 152 valence electrons. The molecular weight excluding hydrogens is 372 g/mol. The van der Waals surface area contributed by atoms with Gasteiger partial charge >= 0.3 is 0 Å². The first-order valence-electron chi connectivity index (χ1n) is 11.2. The molecule has 1 saturated heterocycles. The third-order valence-electron chi connectivity index (χ3n) is 7.59. The van der Waals surface area contributed by atoms with Gasteiger partial charge in [-0.2, -0.15) is 0 Å². The van der Waals surface area contributed by atoms with Gasteiger partial charge in [-0.15, -0.1) is 0 Å². The Kier molecular flexibility index (Phi) is 4.00. The van der Waals surface area contributed by atoms with E-state index in [2.05, 4.69) is 36.1 Å². The molecule has 2 aliphatic carbocycles. The maximum Gasteiger partial charge on any atom is 0.299 e. The maximum atomic E-state index is 12.7. The van der Waals surface area contributed by atoms with Crippen LogP contribution in [0.15, 0.2) is 48.5 Å². The molecule has 6 rings (SSSR count). The van der Waals surface area contributed by atoms with E-state index in [1.54, 1.807) is 11.0 Å². The monoisotopic (exact) mass is 398 g/mol. The number of carbonyl (C=O) groups excluding carboxylic acids is 2. The number of carbonyl (C=O) groups is 2. The minimum Gasteiger partial charge on any atom is -0.302 e. The lowest BCUT2D eigenvalue weighted by atomic mass is 9.83. The Hall–Kier alpha value is -2.72. The zero-order valence-electron chi connectivity index (χ0n) is 17.3. The largest absolute Gasteiger partial charge is 0.302 e. The van der Waals surface area contributed by atoms with Crippen molar-refractivity contribution in [1.29, 1.82) is 0 Å². The third kappa shape index (κ3) is 2.50. The number of ketones is 1. The van der Waals surface area contributed by atoms with E-state index in [0.717, 1.165) is 44.5 Å². The summed E-state index contributed by atoms with van der Waals surface area (Å²) >= 11 is 0. The first kappa shape index (κ1) is 18.1. The smallest absolute Gasteiger partial charge is 0.299 e. The fourth-order valence-corrected chi connectivity index (χ4v) is 6.06. The van der Waals surface area contributed by atoms with Gasteiger partial charge in [0.25, 0.3) is 11.7 Å². The lowest BCUT2D eigenvalue weighted by Crippen LogP contribution is -2.49. The second-order valence-corrected chi connectivity index (χ2v) is 9.19. The Labute approximate surface area is 177 Å². The minimum atomic E-state index is -0.353. The van der Waals surface area contributed by atoms with E-state index in [0.29, 0.717) is 17.5 Å². The number of amides is 1. The predicted octanol–water partition coefficient (Wildman–Crippen LogP) is 4.20. The van der Waals surface area contributed by atoms with Crippen LogP contribution >= 0.6 is 0 Å². The molecule has 4 aliphatic rings. The number of Topliss-reactive ketones (excluding diaryl/α,β-unsaturated/α-hetero) is 1. The van der Waals surface area contributed by atoms with Gasteiger partial charge in [-0.1, -0.05) is 43.3 Å². The van der Waals surface area contributed by atoms with Crippen molar-refractivity contribution in [3.8, 4) is 0 Å². The van der Waals surface area contributed by atoms with Gasteiger partial charge in [0.2, 0.25) is 0 Å². The highest BCUT2D eigenvalue weighted by atomic mass is 16.2. The van der Waals surface area contributed by atoms with Crippen molar-refractivity contribution in [3.63, 3.8) is 0 Å². The molecule has 2 aliphatic heterocycles. The molecule has 30 heavy (non-hydrogen) atoms. The van der Waals surface area contributed by atoms with E-state index < -0.39 is 0 Å². The van der Waals surface area contributed by atoms with Gasteiger partial charge in [0.15, 0.2) is 0 Å². The highest BCUT2D eigenvalue weighted by molar-refractivity contribution is 6.52. The van der Waals surface area contributed by atoms with Crippen LogP contribution in [-0.4, -0.2) is 41.8 Å². The number of rotatable bonds is 2. The number of para-hydroxylation sites is 1. The van der Waals surface area contributed by atoms with Crippen LogP contribution in [-0.2, 0) is 11.2 Å². The molecule has 0 saturated carbocycles. The van der Waals surface area contributed by atoms with E-state index in [-0.39, 0.29) is 17.7 Å². The molecule has 4 heteroatoms. The fourth-order valence-electron chi connectivity index (χ4n) is 6.06. The SMILES string of the molecule is CC1CC=C2c3c(cccc31)CC2N1CCC(N2C(=O)C(=O)c3ccccc32)CC1. The van der Waals surface area contributed by atoms with E-state index in [4.69, 9.17) is 0 Å². The van der Waals surface area contributed by atoms with Crippen LogP contribution in [0.1, 0.15) is 59.2 Å². The Morgan fingerprint density at radius 1 is 0.967 bits per heavy atom. The zero-order valence-corrected chi connectivity index (χ0v) is 17.3. The normalized spacial score (nSPS) is 26.0. The molecule has 2 aromatic carbocycles. The van der Waals surface area contributed by atoms with Gasteiger partial charge in [-0.25, -0.2) is 0 Å². The Morgan fingerprint density at radius 2 is 1.77 bits per heavy atom. The van der Waals surface area contributed by atoms with Crippen LogP contribution < -0.4 is 4.90 Å². The molecule has 0 radical (unpaired) electrons. The summed E-state index contributed by atoms with van der Waals surface area (Å²) in [5.74, 6) is -0.100. The molecule has 2 atom stereocenters. The zero-order chi connectivity index (χ0) is 20.4. The average molecular weight is 399 g/mol. The van der Waals surface area contributed by atoms with Gasteiger partial charge in [-0.05, 0) is 66.0 Å². The van der Waals surface area contributed by atoms with E-state index in [9.17, 15) is 9.59 Å². The second-order valence-electron chi connectivity index (χ2n) is 9.19. The predicted molar refractivity (Wildman–Crippen MR) is 118 cm³/mol. The van der Waals surface area contributed by atoms with Gasteiger partial charge < -0.3 is 4.90 Å². The number of likely N-dealkylation sites (tertiary alicyclic amines) is 1. The van der Waals surface area contributed by atoms with Crippen LogP contribution in [0.25, 0.3) is 5.57 Å². The summed E-state index contributed by atoms with van der Waals surface area (Å²) in [5, 5.41) is 0. The van der Waals surface area contributed by atoms with Crippen LogP contribution in [0.2, 0.25) is 0 Å². The van der Waals surface area contributed by atoms with Gasteiger partial charge in [-0.3, -0.25) is 14.5 Å². The van der Waals surface area contributed by atoms with Crippen molar-refractivity contribution in [2.75, 3.05) is 18.0 Å². The van der Waals surface area contributed by atoms with Crippen molar-refractivity contribution in [2.24, 2.45) is 0 Å². The summed E-state index contributed by atoms with van der Waals surface area (Å²) in [6.45, 7) is 4.26. The van der Waals surface area contributed by atoms with Crippen LogP contribution in [0.3, 0.4) is 0 Å². The van der Waals surface area contributed by atoms with Crippen molar-refractivity contribution in [2.45, 2.75) is 50.6 Å². The van der Waals surface area contributed by atoms with Crippen LogP contribution in [0, 0.1) is 0 Å². The Morgan fingerprint density at radius 3 is 2.60 bits per heavy atom. The molecular formula is C26H26N2O2. The first-order chi connectivity index (χ1) is 14.6. The van der Waals surface area contributed by atoms with Gasteiger partial charge in [0.1, 0.15) is 0 Å². The molecule has 2 aromatic rings. The maximum absolute atomic E-state index is 12.7. The summed E-state index contributed by atoms with van der Waals surface area (Å²) < 4.78 is 0. The summed E-state index contributed by atoms with van der Waals surface area (Å²) in [4.78, 5) is 29.4. The van der Waals surface area contributed by atoms with Crippen LogP contribution in [0.5, 0.6) is 0 Å². The fraction of sp³-hybridized carbons (Fsp3) is 0.385. The highest BCUT2D eigenvalue weighted by Crippen LogP contribution is 2.45. The minimum absolute atomic E-state index is 0.112. The molecule has 4 nitrogen and oxygen atoms in total. The molecule has 2 unspecified atom stereocenters. The van der Waals surface area contributed by atoms with Crippen molar-refractivity contribution >= 4 is 23.0 Å². The molecule has 0 bridgehead atoms.